The minimum atomic E-state index is -0.308. The second kappa shape index (κ2) is 16.8. The molecular formula is C56H50N3OPt-. The number of fused-ring (bicyclic) bond motifs is 1. The molecule has 0 amide bonds. The van der Waals surface area contributed by atoms with E-state index in [9.17, 15) is 5.11 Å². The van der Waals surface area contributed by atoms with Gasteiger partial charge in [0.2, 0.25) is 0 Å². The Kier molecular flexibility index (Phi) is 11.4. The van der Waals surface area contributed by atoms with Crippen LogP contribution in [0.3, 0.4) is 0 Å². The minimum absolute atomic E-state index is 0. The Morgan fingerprint density at radius 1 is 0.623 bits per heavy atom. The van der Waals surface area contributed by atoms with Crippen molar-refractivity contribution in [3.63, 3.8) is 0 Å². The van der Waals surface area contributed by atoms with E-state index in [1.54, 1.807) is 0 Å². The quantitative estimate of drug-likeness (QED) is 0.162. The first-order valence-electron chi connectivity index (χ1n) is 20.9. The standard InChI is InChI=1S/C56H50N3O.Pt/c1-55(2,3)42-34-47(53(60)48(35-42)56(4,5)6)54-58-52-45(26-18-28-51(52)59(54)50-27-17-16-25-44(50)39-23-14-9-15-24-39)46-33-40(29-31-43(46)38-21-12-8-13-22-38)49-32-30-41(36-57-49)37-19-10-7-11-20-37;/h7-16,18-26,28-32,34-36,60H,17,27H2,1-6H3;/q-1;. The second-order valence-corrected chi connectivity index (χ2v) is 17.9. The molecule has 0 saturated carbocycles. The molecule has 2 heterocycles. The van der Waals surface area contributed by atoms with Gasteiger partial charge in [-0.15, -0.1) is 23.8 Å². The summed E-state index contributed by atoms with van der Waals surface area (Å²) in [5, 5.41) is 12.4. The van der Waals surface area contributed by atoms with E-state index in [4.69, 9.17) is 9.97 Å². The third-order valence-corrected chi connectivity index (χ3v) is 11.7. The number of nitrogens with zero attached hydrogens (tertiary/aromatic N) is 3. The third kappa shape index (κ3) is 8.10. The number of allylic oxidation sites excluding steroid dienone is 4. The second-order valence-electron chi connectivity index (χ2n) is 17.9. The Bertz CT molecular complexity index is 2910. The zero-order chi connectivity index (χ0) is 41.6. The number of aromatic hydroxyl groups is 1. The van der Waals surface area contributed by atoms with Gasteiger partial charge in [0.1, 0.15) is 11.6 Å². The molecule has 1 aliphatic carbocycles. The van der Waals surface area contributed by atoms with Crippen molar-refractivity contribution in [2.24, 2.45) is 0 Å². The summed E-state index contributed by atoms with van der Waals surface area (Å²) >= 11 is 0. The van der Waals surface area contributed by atoms with Crippen molar-refractivity contribution in [1.29, 1.82) is 0 Å². The first-order chi connectivity index (χ1) is 29.0. The Hall–Kier alpha value is -6.09. The van der Waals surface area contributed by atoms with Crippen LogP contribution in [0.4, 0.5) is 0 Å². The molecule has 0 spiro atoms. The van der Waals surface area contributed by atoms with E-state index >= 15 is 0 Å². The van der Waals surface area contributed by atoms with Gasteiger partial charge < -0.3 is 5.11 Å². The molecule has 0 unspecified atom stereocenters. The molecule has 2 aromatic heterocycles. The number of imidazole rings is 1. The molecule has 0 radical (unpaired) electrons. The molecule has 0 bridgehead atoms. The monoisotopic (exact) mass is 975 g/mol. The van der Waals surface area contributed by atoms with Crippen LogP contribution in [-0.2, 0) is 31.9 Å². The van der Waals surface area contributed by atoms with E-state index in [1.165, 1.54) is 0 Å². The largest absolute Gasteiger partial charge is 0.507 e. The number of rotatable bonds is 7. The average molecular weight is 976 g/mol. The fraction of sp³-hybridized carbons (Fsp3) is 0.179. The van der Waals surface area contributed by atoms with E-state index in [0.717, 1.165) is 108 Å². The van der Waals surface area contributed by atoms with Crippen molar-refractivity contribution >= 4 is 22.3 Å². The predicted molar refractivity (Wildman–Crippen MR) is 251 cm³/mol. The third-order valence-electron chi connectivity index (χ3n) is 11.7. The van der Waals surface area contributed by atoms with Crippen LogP contribution in [0.15, 0.2) is 164 Å². The molecule has 0 atom stereocenters. The summed E-state index contributed by atoms with van der Waals surface area (Å²) in [7, 11) is 0. The molecule has 5 heteroatoms. The van der Waals surface area contributed by atoms with Crippen molar-refractivity contribution < 1.29 is 26.2 Å². The number of aromatic nitrogens is 3. The minimum Gasteiger partial charge on any atom is -0.507 e. The Morgan fingerprint density at radius 3 is 1.93 bits per heavy atom. The zero-order valence-corrected chi connectivity index (χ0v) is 37.9. The molecule has 6 aromatic carbocycles. The maximum atomic E-state index is 12.4. The molecule has 4 nitrogen and oxygen atoms in total. The van der Waals surface area contributed by atoms with E-state index in [-0.39, 0.29) is 37.6 Å². The average Bonchev–Trinajstić information content (AvgIpc) is 3.66. The van der Waals surface area contributed by atoms with Crippen LogP contribution < -0.4 is 0 Å². The van der Waals surface area contributed by atoms with Crippen LogP contribution in [0, 0.1) is 6.07 Å². The Morgan fingerprint density at radius 2 is 1.30 bits per heavy atom. The first-order valence-corrected chi connectivity index (χ1v) is 20.9. The molecule has 1 aliphatic rings. The van der Waals surface area contributed by atoms with Crippen LogP contribution in [0.2, 0.25) is 0 Å². The summed E-state index contributed by atoms with van der Waals surface area (Å²) in [5.74, 6) is 0.992. The summed E-state index contributed by atoms with van der Waals surface area (Å²) in [4.78, 5) is 10.6. The number of phenols is 1. The number of benzene rings is 6. The maximum absolute atomic E-state index is 12.4. The van der Waals surface area contributed by atoms with Gasteiger partial charge in [0.05, 0.1) is 16.6 Å². The van der Waals surface area contributed by atoms with Crippen molar-refractivity contribution in [3.05, 3.63) is 187 Å². The van der Waals surface area contributed by atoms with E-state index < -0.39 is 0 Å². The van der Waals surface area contributed by atoms with E-state index in [0.29, 0.717) is 0 Å². The van der Waals surface area contributed by atoms with Crippen LogP contribution in [0.5, 0.6) is 5.75 Å². The van der Waals surface area contributed by atoms with Gasteiger partial charge in [-0.1, -0.05) is 197 Å². The smallest absolute Gasteiger partial charge is 0.148 e. The zero-order valence-electron chi connectivity index (χ0n) is 35.6. The van der Waals surface area contributed by atoms with E-state index in [2.05, 4.69) is 204 Å². The molecular weight excluding hydrogens is 926 g/mol. The molecule has 61 heavy (non-hydrogen) atoms. The molecule has 0 saturated heterocycles. The van der Waals surface area contributed by atoms with Gasteiger partial charge in [0, 0.05) is 49.8 Å². The topological polar surface area (TPSA) is 50.9 Å². The van der Waals surface area contributed by atoms with Gasteiger partial charge in [-0.25, -0.2) is 4.98 Å². The summed E-state index contributed by atoms with van der Waals surface area (Å²) < 4.78 is 2.33. The molecule has 9 rings (SSSR count). The normalized spacial score (nSPS) is 13.1. The van der Waals surface area contributed by atoms with E-state index in [1.807, 2.05) is 12.3 Å². The van der Waals surface area contributed by atoms with Crippen molar-refractivity contribution in [2.45, 2.75) is 65.2 Å². The Labute approximate surface area is 374 Å². The summed E-state index contributed by atoms with van der Waals surface area (Å²) in [6, 6.07) is 54.7. The van der Waals surface area contributed by atoms with Gasteiger partial charge in [-0.05, 0) is 58.1 Å². The van der Waals surface area contributed by atoms with Crippen LogP contribution in [0.1, 0.15) is 71.1 Å². The number of para-hydroxylation sites is 1. The summed E-state index contributed by atoms with van der Waals surface area (Å²) in [6.45, 7) is 13.2. The summed E-state index contributed by atoms with van der Waals surface area (Å²) in [5.41, 5.74) is 15.6. The van der Waals surface area contributed by atoms with Crippen LogP contribution >= 0.6 is 0 Å². The fourth-order valence-electron chi connectivity index (χ4n) is 8.40. The number of hydrogen-bond donors (Lipinski definition) is 1. The van der Waals surface area contributed by atoms with Crippen molar-refractivity contribution in [1.82, 2.24) is 14.5 Å². The number of hydrogen-bond acceptors (Lipinski definition) is 3. The van der Waals surface area contributed by atoms with Crippen LogP contribution in [0.25, 0.3) is 78.3 Å². The molecule has 0 fully saturated rings. The van der Waals surface area contributed by atoms with Gasteiger partial charge >= 0.3 is 0 Å². The Balaban J connectivity index is 0.00000514. The molecule has 0 aliphatic heterocycles. The predicted octanol–water partition coefficient (Wildman–Crippen LogP) is 14.6. The molecule has 1 N–H and O–H groups in total. The van der Waals surface area contributed by atoms with Gasteiger partial charge in [-0.3, -0.25) is 9.55 Å². The van der Waals surface area contributed by atoms with Crippen LogP contribution in [-0.4, -0.2) is 19.6 Å². The first kappa shape index (κ1) is 41.6. The summed E-state index contributed by atoms with van der Waals surface area (Å²) in [6.07, 6.45) is 8.17. The van der Waals surface area contributed by atoms with Crippen molar-refractivity contribution in [2.75, 3.05) is 0 Å². The number of pyridine rings is 1. The van der Waals surface area contributed by atoms with Crippen molar-refractivity contribution in [3.8, 4) is 61.8 Å². The van der Waals surface area contributed by atoms with Gasteiger partial charge in [0.25, 0.3) is 0 Å². The van der Waals surface area contributed by atoms with Gasteiger partial charge in [-0.2, -0.15) is 0 Å². The number of phenolic OH excluding ortho intramolecular Hbond substituents is 1. The maximum Gasteiger partial charge on any atom is 0.148 e. The SMILES string of the molecule is CC(C)(C)c1cc(-c2nc3c(-c4[c-]c(-c5ccc(-c6ccccc6)cn5)ccc4-c4ccccc4)cccc3n2C2=C(c3ccccc3)C=CCC2)c(O)c(C(C)(C)C)c1.[Pt]. The molecule has 8 aromatic rings. The fourth-order valence-corrected chi connectivity index (χ4v) is 8.40. The molecule has 306 valence electrons. The van der Waals surface area contributed by atoms with Gasteiger partial charge in [0.15, 0.2) is 0 Å².